The van der Waals surface area contributed by atoms with Crippen LogP contribution in [0.2, 0.25) is 0 Å². The van der Waals surface area contributed by atoms with Crippen LogP contribution >= 0.6 is 15.9 Å². The van der Waals surface area contributed by atoms with Gasteiger partial charge in [-0.1, -0.05) is 47.3 Å². The van der Waals surface area contributed by atoms with E-state index in [-0.39, 0.29) is 19.3 Å². The summed E-state index contributed by atoms with van der Waals surface area (Å²) < 4.78 is 0. The number of amides is 2. The number of carbonyl (C=O) groups excluding carboxylic acids is 3. The first-order chi connectivity index (χ1) is 10.1. The summed E-state index contributed by atoms with van der Waals surface area (Å²) in [4.78, 5) is 38.8. The van der Waals surface area contributed by atoms with Gasteiger partial charge in [-0.3, -0.25) is 9.59 Å². The first kappa shape index (κ1) is 17.9. The molecule has 1 rings (SSSR count). The van der Waals surface area contributed by atoms with Crippen LogP contribution in [-0.2, 0) is 19.2 Å². The van der Waals surface area contributed by atoms with Crippen molar-refractivity contribution in [1.29, 1.82) is 0 Å². The van der Waals surface area contributed by atoms with Gasteiger partial charge in [0.05, 0.1) is 0 Å². The van der Waals surface area contributed by atoms with Gasteiger partial charge in [0, 0.05) is 24.6 Å². The Bertz CT molecular complexity index is 379. The molecule has 0 saturated carbocycles. The second kappa shape index (κ2) is 10.5. The Morgan fingerprint density at radius 3 is 2.33 bits per heavy atom. The maximum absolute atomic E-state index is 11.5. The van der Waals surface area contributed by atoms with Crippen LogP contribution in [0.25, 0.3) is 0 Å². The Morgan fingerprint density at radius 2 is 1.67 bits per heavy atom. The van der Waals surface area contributed by atoms with Crippen LogP contribution in [0.3, 0.4) is 0 Å². The minimum absolute atomic E-state index is 0.135. The third-order valence-electron chi connectivity index (χ3n) is 3.21. The molecule has 1 aliphatic heterocycles. The summed E-state index contributed by atoms with van der Waals surface area (Å²) in [5.74, 6) is -1.35. The average Bonchev–Trinajstić information content (AvgIpc) is 2.77. The van der Waals surface area contributed by atoms with Crippen LogP contribution < -0.4 is 0 Å². The van der Waals surface area contributed by atoms with E-state index in [9.17, 15) is 14.4 Å². The Labute approximate surface area is 133 Å². The molecule has 1 heterocycles. The second-order valence-corrected chi connectivity index (χ2v) is 5.62. The molecule has 0 aromatic rings. The van der Waals surface area contributed by atoms with Gasteiger partial charge in [0.1, 0.15) is 0 Å². The van der Waals surface area contributed by atoms with E-state index in [1.54, 1.807) is 0 Å². The van der Waals surface area contributed by atoms with Gasteiger partial charge in [-0.15, -0.1) is 5.06 Å². The fraction of sp³-hybridized carbons (Fsp3) is 0.667. The second-order valence-electron chi connectivity index (χ2n) is 4.98. The highest BCUT2D eigenvalue weighted by atomic mass is 79.9. The number of hydrogen-bond donors (Lipinski definition) is 0. The molecule has 5 nitrogen and oxygen atoms in total. The van der Waals surface area contributed by atoms with E-state index in [1.165, 1.54) is 0 Å². The van der Waals surface area contributed by atoms with Crippen molar-refractivity contribution in [2.75, 3.05) is 5.33 Å². The van der Waals surface area contributed by atoms with E-state index in [1.807, 2.05) is 0 Å². The zero-order valence-electron chi connectivity index (χ0n) is 12.2. The van der Waals surface area contributed by atoms with Crippen molar-refractivity contribution in [2.45, 2.75) is 57.8 Å². The lowest BCUT2D eigenvalue weighted by molar-refractivity contribution is -0.197. The normalized spacial score (nSPS) is 15.2. The number of imide groups is 1. The Morgan fingerprint density at radius 1 is 1.05 bits per heavy atom. The van der Waals surface area contributed by atoms with Crippen molar-refractivity contribution < 1.29 is 19.2 Å². The number of allylic oxidation sites excluding steroid dienone is 2. The average molecular weight is 360 g/mol. The highest BCUT2D eigenvalue weighted by Crippen LogP contribution is 2.14. The molecule has 0 atom stereocenters. The highest BCUT2D eigenvalue weighted by molar-refractivity contribution is 9.09. The zero-order valence-corrected chi connectivity index (χ0v) is 13.8. The number of unbranched alkanes of at least 4 members (excludes halogenated alkanes) is 5. The summed E-state index contributed by atoms with van der Waals surface area (Å²) in [5.41, 5.74) is 0. The standard InChI is InChI=1S/C15H22BrNO4/c16-12-8-6-4-2-1-3-5-7-9-15(20)21-17-13(18)10-11-14(17)19/h6,8H,1-5,7,9-12H2/b8-6+. The van der Waals surface area contributed by atoms with Crippen molar-refractivity contribution >= 4 is 33.7 Å². The van der Waals surface area contributed by atoms with Crippen molar-refractivity contribution in [3.8, 4) is 0 Å². The van der Waals surface area contributed by atoms with Crippen molar-refractivity contribution in [1.82, 2.24) is 5.06 Å². The number of halogens is 1. The molecule has 0 radical (unpaired) electrons. The fourth-order valence-corrected chi connectivity index (χ4v) is 2.31. The molecule has 0 spiro atoms. The van der Waals surface area contributed by atoms with Crippen LogP contribution in [0.15, 0.2) is 12.2 Å². The minimum Gasteiger partial charge on any atom is -0.330 e. The van der Waals surface area contributed by atoms with E-state index in [0.29, 0.717) is 5.06 Å². The molecular weight excluding hydrogens is 338 g/mol. The summed E-state index contributed by atoms with van der Waals surface area (Å²) in [5, 5.41) is 1.51. The minimum atomic E-state index is -0.501. The van der Waals surface area contributed by atoms with Crippen LogP contribution in [0.5, 0.6) is 0 Å². The Balaban J connectivity index is 2.00. The van der Waals surface area contributed by atoms with E-state index in [0.717, 1.165) is 43.9 Å². The molecule has 0 aromatic carbocycles. The van der Waals surface area contributed by atoms with Gasteiger partial charge >= 0.3 is 5.97 Å². The number of rotatable bonds is 10. The number of carbonyl (C=O) groups is 3. The molecule has 21 heavy (non-hydrogen) atoms. The lowest BCUT2D eigenvalue weighted by Crippen LogP contribution is -2.31. The Kier molecular flexibility index (Phi) is 8.98. The highest BCUT2D eigenvalue weighted by Gasteiger charge is 2.32. The summed E-state index contributed by atoms with van der Waals surface area (Å²) in [7, 11) is 0. The van der Waals surface area contributed by atoms with Crippen molar-refractivity contribution in [2.24, 2.45) is 0 Å². The lowest BCUT2D eigenvalue weighted by Gasteiger charge is -2.12. The smallest absolute Gasteiger partial charge is 0.330 e. The predicted octanol–water partition coefficient (Wildman–Crippen LogP) is 3.28. The third-order valence-corrected chi connectivity index (χ3v) is 3.58. The number of nitrogens with zero attached hydrogens (tertiary/aromatic N) is 1. The van der Waals surface area contributed by atoms with E-state index >= 15 is 0 Å². The van der Waals surface area contributed by atoms with Crippen molar-refractivity contribution in [3.63, 3.8) is 0 Å². The van der Waals surface area contributed by atoms with Crippen LogP contribution in [0, 0.1) is 0 Å². The first-order valence-corrected chi connectivity index (χ1v) is 8.55. The summed E-state index contributed by atoms with van der Waals surface area (Å²) in [6.45, 7) is 0. The molecule has 1 saturated heterocycles. The topological polar surface area (TPSA) is 63.7 Å². The summed E-state index contributed by atoms with van der Waals surface area (Å²) in [6, 6.07) is 0. The van der Waals surface area contributed by atoms with Gasteiger partial charge in [-0.2, -0.15) is 0 Å². The molecule has 118 valence electrons. The van der Waals surface area contributed by atoms with Gasteiger partial charge in [-0.25, -0.2) is 4.79 Å². The monoisotopic (exact) mass is 359 g/mol. The zero-order chi connectivity index (χ0) is 15.5. The fourth-order valence-electron chi connectivity index (χ4n) is 2.05. The molecule has 0 N–H and O–H groups in total. The number of hydrogen-bond acceptors (Lipinski definition) is 4. The molecular formula is C15H22BrNO4. The lowest BCUT2D eigenvalue weighted by atomic mass is 10.1. The maximum Gasteiger partial charge on any atom is 0.333 e. The molecule has 2 amide bonds. The largest absolute Gasteiger partial charge is 0.333 e. The quantitative estimate of drug-likeness (QED) is 0.260. The van der Waals surface area contributed by atoms with Gasteiger partial charge < -0.3 is 4.84 Å². The Hall–Kier alpha value is -1.17. The molecule has 1 fully saturated rings. The molecule has 0 aliphatic carbocycles. The number of hydroxylamine groups is 2. The van der Waals surface area contributed by atoms with Gasteiger partial charge in [0.25, 0.3) is 11.8 Å². The van der Waals surface area contributed by atoms with Gasteiger partial charge in [0.2, 0.25) is 0 Å². The van der Waals surface area contributed by atoms with Gasteiger partial charge in [-0.05, 0) is 19.3 Å². The molecule has 6 heteroatoms. The molecule has 1 aliphatic rings. The molecule has 0 unspecified atom stereocenters. The van der Waals surface area contributed by atoms with E-state index < -0.39 is 17.8 Å². The van der Waals surface area contributed by atoms with Crippen LogP contribution in [0.4, 0.5) is 0 Å². The van der Waals surface area contributed by atoms with Crippen LogP contribution in [-0.4, -0.2) is 28.2 Å². The maximum atomic E-state index is 11.5. The SMILES string of the molecule is O=C(CCCCCCC/C=C/CBr)ON1C(=O)CCC1=O. The molecule has 0 aromatic heterocycles. The third kappa shape index (κ3) is 7.41. The number of alkyl halides is 1. The molecule has 0 bridgehead atoms. The predicted molar refractivity (Wildman–Crippen MR) is 82.4 cm³/mol. The van der Waals surface area contributed by atoms with Crippen LogP contribution in [0.1, 0.15) is 57.8 Å². The van der Waals surface area contributed by atoms with E-state index in [2.05, 4.69) is 28.1 Å². The summed E-state index contributed by atoms with van der Waals surface area (Å²) in [6.07, 6.45) is 10.9. The van der Waals surface area contributed by atoms with Gasteiger partial charge in [0.15, 0.2) is 0 Å². The van der Waals surface area contributed by atoms with Crippen molar-refractivity contribution in [3.05, 3.63) is 12.2 Å². The summed E-state index contributed by atoms with van der Waals surface area (Å²) >= 11 is 3.33. The first-order valence-electron chi connectivity index (χ1n) is 7.42. The van der Waals surface area contributed by atoms with E-state index in [4.69, 9.17) is 4.84 Å².